The molecule has 2 atom stereocenters. The van der Waals surface area contributed by atoms with Crippen molar-refractivity contribution in [3.8, 4) is 11.8 Å². The number of carbonyl (C=O) groups is 1. The highest BCUT2D eigenvalue weighted by atomic mass is 35.5. The van der Waals surface area contributed by atoms with E-state index in [4.69, 9.17) is 11.6 Å². The maximum Gasteiger partial charge on any atom is 0.255 e. The summed E-state index contributed by atoms with van der Waals surface area (Å²) in [4.78, 5) is 16.5. The number of rotatable bonds is 4. The van der Waals surface area contributed by atoms with Crippen LogP contribution in [0.4, 0.5) is 18.9 Å². The van der Waals surface area contributed by atoms with Crippen LogP contribution in [0.1, 0.15) is 41.6 Å². The molecule has 3 aromatic rings. The zero-order valence-corrected chi connectivity index (χ0v) is 21.9. The van der Waals surface area contributed by atoms with Crippen molar-refractivity contribution in [2.75, 3.05) is 5.32 Å². The van der Waals surface area contributed by atoms with Crippen LogP contribution in [0.25, 0.3) is 0 Å². The number of pyridine rings is 1. The van der Waals surface area contributed by atoms with E-state index in [1.807, 2.05) is 0 Å². The molecule has 0 aliphatic heterocycles. The van der Waals surface area contributed by atoms with E-state index in [1.54, 1.807) is 24.5 Å². The topological polar surface area (TPSA) is 96.4 Å². The average Bonchev–Trinajstić information content (AvgIpc) is 3.20. The number of benzene rings is 2. The van der Waals surface area contributed by atoms with Gasteiger partial charge in [-0.05, 0) is 67.9 Å². The van der Waals surface area contributed by atoms with Gasteiger partial charge in [-0.3, -0.25) is 9.78 Å². The Morgan fingerprint density at radius 2 is 1.64 bits per heavy atom. The van der Waals surface area contributed by atoms with Gasteiger partial charge in [-0.15, -0.1) is 0 Å². The lowest BCUT2D eigenvalue weighted by atomic mass is 9.77. The predicted molar refractivity (Wildman–Crippen MR) is 138 cm³/mol. The van der Waals surface area contributed by atoms with Crippen LogP contribution in [-0.2, 0) is 9.84 Å². The quantitative estimate of drug-likeness (QED) is 0.332. The molecule has 2 bridgehead atoms. The Labute approximate surface area is 228 Å². The molecule has 6 nitrogen and oxygen atoms in total. The number of fused-ring (bicyclic) bond motifs is 2. The number of sulfone groups is 1. The summed E-state index contributed by atoms with van der Waals surface area (Å²) in [5.41, 5.74) is -1.11. The molecule has 2 aromatic carbocycles. The lowest BCUT2D eigenvalue weighted by molar-refractivity contribution is 0.0340. The lowest BCUT2D eigenvalue weighted by Crippen LogP contribution is -2.45. The Kier molecular flexibility index (Phi) is 7.18. The van der Waals surface area contributed by atoms with E-state index in [1.165, 1.54) is 12.1 Å². The van der Waals surface area contributed by atoms with E-state index >= 15 is 0 Å². The molecule has 0 radical (unpaired) electrons. The number of aliphatic hydroxyl groups is 1. The van der Waals surface area contributed by atoms with Crippen LogP contribution < -0.4 is 5.32 Å². The van der Waals surface area contributed by atoms with Gasteiger partial charge in [0.25, 0.3) is 5.91 Å². The van der Waals surface area contributed by atoms with Gasteiger partial charge in [0, 0.05) is 41.3 Å². The Hall–Kier alpha value is -3.39. The first-order valence-corrected chi connectivity index (χ1v) is 14.0. The summed E-state index contributed by atoms with van der Waals surface area (Å²) in [6.07, 6.45) is 4.71. The van der Waals surface area contributed by atoms with Crippen LogP contribution in [0.15, 0.2) is 59.8 Å². The van der Waals surface area contributed by atoms with Crippen LogP contribution in [0.2, 0.25) is 5.02 Å². The summed E-state index contributed by atoms with van der Waals surface area (Å²) in [5, 5.41) is 12.5. The number of carbonyl (C=O) groups excluding carboxylic acids is 1. The Morgan fingerprint density at radius 3 is 2.26 bits per heavy atom. The fourth-order valence-corrected chi connectivity index (χ4v) is 8.44. The van der Waals surface area contributed by atoms with Gasteiger partial charge in [-0.2, -0.15) is 0 Å². The van der Waals surface area contributed by atoms with Gasteiger partial charge in [0.1, 0.15) is 5.60 Å². The first-order chi connectivity index (χ1) is 18.5. The number of nitrogens with one attached hydrogen (secondary N) is 1. The Balaban J connectivity index is 1.39. The zero-order valence-electron chi connectivity index (χ0n) is 20.3. The van der Waals surface area contributed by atoms with Gasteiger partial charge in [-0.25, -0.2) is 21.6 Å². The Bertz CT molecular complexity index is 1590. The molecule has 11 heteroatoms. The van der Waals surface area contributed by atoms with E-state index in [-0.39, 0.29) is 45.8 Å². The minimum Gasteiger partial charge on any atom is -0.378 e. The third kappa shape index (κ3) is 5.39. The molecule has 2 fully saturated rings. The molecule has 5 rings (SSSR count). The molecule has 202 valence electrons. The number of hydrogen-bond donors (Lipinski definition) is 2. The molecule has 1 heterocycles. The van der Waals surface area contributed by atoms with E-state index in [0.29, 0.717) is 30.5 Å². The zero-order chi connectivity index (χ0) is 27.9. The number of nitrogens with zero attached hydrogens (tertiary/aromatic N) is 1. The van der Waals surface area contributed by atoms with Crippen LogP contribution in [0.5, 0.6) is 0 Å². The maximum atomic E-state index is 13.8. The first-order valence-electron chi connectivity index (χ1n) is 12.1. The smallest absolute Gasteiger partial charge is 0.255 e. The van der Waals surface area contributed by atoms with Crippen molar-refractivity contribution in [3.05, 3.63) is 88.5 Å². The molecule has 0 saturated heterocycles. The first kappa shape index (κ1) is 27.2. The van der Waals surface area contributed by atoms with Gasteiger partial charge in [-0.1, -0.05) is 23.4 Å². The van der Waals surface area contributed by atoms with E-state index in [0.717, 1.165) is 6.07 Å². The number of aromatic nitrogens is 1. The van der Waals surface area contributed by atoms with Crippen molar-refractivity contribution < 1.29 is 31.5 Å². The SMILES string of the molecule is O=C(Nc1cc(F)c(F)c(F)c1)c1ccc(Cl)c(S(=O)(=O)C2C3CCC2CC(O)(C#Cc2ccncc2)C3)c1. The number of anilines is 1. The molecule has 1 amide bonds. The average molecular weight is 575 g/mol. The highest BCUT2D eigenvalue weighted by molar-refractivity contribution is 7.92. The molecule has 0 spiro atoms. The van der Waals surface area contributed by atoms with Gasteiger partial charge in [0.2, 0.25) is 0 Å². The third-order valence-electron chi connectivity index (χ3n) is 7.26. The van der Waals surface area contributed by atoms with Gasteiger partial charge >= 0.3 is 0 Å². The molecule has 2 N–H and O–H groups in total. The Morgan fingerprint density at radius 1 is 1.03 bits per heavy atom. The third-order valence-corrected chi connectivity index (χ3v) is 10.1. The highest BCUT2D eigenvalue weighted by Gasteiger charge is 2.54. The van der Waals surface area contributed by atoms with Crippen LogP contribution >= 0.6 is 11.6 Å². The molecular formula is C28H22ClF3N2O4S. The van der Waals surface area contributed by atoms with Crippen molar-refractivity contribution in [1.82, 2.24) is 4.98 Å². The van der Waals surface area contributed by atoms with Crippen LogP contribution in [0.3, 0.4) is 0 Å². The maximum absolute atomic E-state index is 13.8. The van der Waals surface area contributed by atoms with E-state index in [9.17, 15) is 31.5 Å². The molecular weight excluding hydrogens is 553 g/mol. The lowest BCUT2D eigenvalue weighted by Gasteiger charge is -2.38. The second-order valence-electron chi connectivity index (χ2n) is 9.89. The summed E-state index contributed by atoms with van der Waals surface area (Å²) in [5.74, 6) is -0.376. The van der Waals surface area contributed by atoms with E-state index in [2.05, 4.69) is 22.1 Å². The fourth-order valence-electron chi connectivity index (χ4n) is 5.60. The largest absolute Gasteiger partial charge is 0.378 e. The summed E-state index contributed by atoms with van der Waals surface area (Å²) < 4.78 is 68.0. The van der Waals surface area contributed by atoms with Crippen LogP contribution in [0, 0.1) is 41.1 Å². The fraction of sp³-hybridized carbons (Fsp3) is 0.286. The highest BCUT2D eigenvalue weighted by Crippen LogP contribution is 2.51. The van der Waals surface area contributed by atoms with Gasteiger partial charge in [0.15, 0.2) is 27.3 Å². The minimum absolute atomic E-state index is 0.0804. The molecule has 2 aliphatic rings. The van der Waals surface area contributed by atoms with Crippen molar-refractivity contribution in [2.24, 2.45) is 11.8 Å². The van der Waals surface area contributed by atoms with Crippen LogP contribution in [-0.4, -0.2) is 35.3 Å². The van der Waals surface area contributed by atoms with Gasteiger partial charge in [0.05, 0.1) is 15.2 Å². The molecule has 2 unspecified atom stereocenters. The second kappa shape index (κ2) is 10.3. The predicted octanol–water partition coefficient (Wildman–Crippen LogP) is 5.15. The van der Waals surface area contributed by atoms with Crippen molar-refractivity contribution in [2.45, 2.75) is 41.4 Å². The summed E-state index contributed by atoms with van der Waals surface area (Å²) in [6.45, 7) is 0. The summed E-state index contributed by atoms with van der Waals surface area (Å²) >= 11 is 6.28. The monoisotopic (exact) mass is 574 g/mol. The molecule has 2 aliphatic carbocycles. The molecule has 2 saturated carbocycles. The van der Waals surface area contributed by atoms with Crippen molar-refractivity contribution in [1.29, 1.82) is 0 Å². The number of halogens is 4. The summed E-state index contributed by atoms with van der Waals surface area (Å²) in [6, 6.07) is 8.31. The van der Waals surface area contributed by atoms with Gasteiger partial charge < -0.3 is 10.4 Å². The standard InChI is InChI=1S/C28H22ClF3N2O4S/c29-21-4-3-17(27(35)34-20-12-22(30)25(32)23(31)13-20)11-24(21)39(37,38)26-18-1-2-19(26)15-28(36,14-18)8-5-16-6-9-33-10-7-16/h3-4,6-7,9-13,18-19,26,36H,1-2,14-15H2,(H,34,35). The van der Waals surface area contributed by atoms with E-state index < -0.39 is 44.0 Å². The summed E-state index contributed by atoms with van der Waals surface area (Å²) in [7, 11) is -4.04. The van der Waals surface area contributed by atoms with Crippen molar-refractivity contribution >= 4 is 33.0 Å². The normalized spacial score (nSPS) is 24.1. The molecule has 1 aromatic heterocycles. The number of hydrogen-bond acceptors (Lipinski definition) is 5. The van der Waals surface area contributed by atoms with Crippen molar-refractivity contribution in [3.63, 3.8) is 0 Å². The second-order valence-corrected chi connectivity index (χ2v) is 12.4. The number of amides is 1. The minimum atomic E-state index is -4.04. The molecule has 39 heavy (non-hydrogen) atoms.